The van der Waals surface area contributed by atoms with E-state index < -0.39 is 5.97 Å². The molecule has 0 saturated heterocycles. The van der Waals surface area contributed by atoms with Crippen LogP contribution in [0, 0.1) is 0 Å². The molecule has 0 bridgehead atoms. The van der Waals surface area contributed by atoms with Crippen molar-refractivity contribution in [2.24, 2.45) is 0 Å². The Labute approximate surface area is 112 Å². The predicted octanol–water partition coefficient (Wildman–Crippen LogP) is 4.26. The van der Waals surface area contributed by atoms with Crippen molar-refractivity contribution in [1.29, 1.82) is 0 Å². The molecule has 0 aliphatic carbocycles. The molecule has 0 saturated carbocycles. The smallest absolute Gasteiger partial charge is 0.307 e. The third-order valence-corrected chi connectivity index (χ3v) is 4.78. The number of carboxylic acids is 1. The van der Waals surface area contributed by atoms with Gasteiger partial charge in [-0.1, -0.05) is 24.3 Å². The van der Waals surface area contributed by atoms with Gasteiger partial charge in [0.1, 0.15) is 0 Å². The number of fused-ring (bicyclic) bond motifs is 1. The largest absolute Gasteiger partial charge is 0.481 e. The first-order valence-corrected chi connectivity index (χ1v) is 7.26. The number of hydrogen-bond acceptors (Lipinski definition) is 3. The monoisotopic (exact) mass is 274 g/mol. The molecule has 0 unspecified atom stereocenters. The number of carboxylic acid groups (broad SMARTS) is 1. The Morgan fingerprint density at radius 3 is 2.78 bits per heavy atom. The van der Waals surface area contributed by atoms with E-state index in [0.29, 0.717) is 0 Å². The van der Waals surface area contributed by atoms with Gasteiger partial charge in [-0.15, -0.1) is 22.7 Å². The number of thiophene rings is 2. The van der Waals surface area contributed by atoms with Gasteiger partial charge in [-0.2, -0.15) is 0 Å². The maximum absolute atomic E-state index is 10.9. The summed E-state index contributed by atoms with van der Waals surface area (Å²) < 4.78 is 1.09. The van der Waals surface area contributed by atoms with Gasteiger partial charge in [-0.25, -0.2) is 0 Å². The van der Waals surface area contributed by atoms with E-state index in [1.54, 1.807) is 22.7 Å². The molecule has 0 amide bonds. The molecular weight excluding hydrogens is 264 g/mol. The lowest BCUT2D eigenvalue weighted by atomic mass is 10.1. The van der Waals surface area contributed by atoms with Crippen LogP contribution in [0.1, 0.15) is 5.56 Å². The lowest BCUT2D eigenvalue weighted by Crippen LogP contribution is -1.99. The van der Waals surface area contributed by atoms with Crippen molar-refractivity contribution in [3.05, 3.63) is 46.7 Å². The summed E-state index contributed by atoms with van der Waals surface area (Å²) in [6.07, 6.45) is 0.0851. The van der Waals surface area contributed by atoms with Crippen LogP contribution in [-0.4, -0.2) is 11.1 Å². The maximum Gasteiger partial charge on any atom is 0.307 e. The third-order valence-electron chi connectivity index (χ3n) is 2.81. The molecule has 0 aliphatic rings. The van der Waals surface area contributed by atoms with Gasteiger partial charge in [0.2, 0.25) is 0 Å². The van der Waals surface area contributed by atoms with Crippen LogP contribution in [0.5, 0.6) is 0 Å². The van der Waals surface area contributed by atoms with Crippen molar-refractivity contribution in [2.45, 2.75) is 6.42 Å². The van der Waals surface area contributed by atoms with Crippen LogP contribution in [0.3, 0.4) is 0 Å². The van der Waals surface area contributed by atoms with E-state index in [2.05, 4.69) is 22.9 Å². The van der Waals surface area contributed by atoms with E-state index in [-0.39, 0.29) is 6.42 Å². The molecule has 1 aromatic carbocycles. The van der Waals surface area contributed by atoms with Gasteiger partial charge in [0.05, 0.1) is 6.42 Å². The summed E-state index contributed by atoms with van der Waals surface area (Å²) in [4.78, 5) is 12.1. The van der Waals surface area contributed by atoms with Crippen molar-refractivity contribution in [3.8, 4) is 10.4 Å². The maximum atomic E-state index is 10.9. The number of hydrogen-bond donors (Lipinski definition) is 1. The van der Waals surface area contributed by atoms with Crippen LogP contribution < -0.4 is 0 Å². The van der Waals surface area contributed by atoms with Gasteiger partial charge in [-0.05, 0) is 17.0 Å². The molecule has 1 N–H and O–H groups in total. The fraction of sp³-hybridized carbons (Fsp3) is 0.0714. The Morgan fingerprint density at radius 1 is 1.17 bits per heavy atom. The Hall–Kier alpha value is -1.65. The molecule has 0 fully saturated rings. The number of rotatable bonds is 3. The SMILES string of the molecule is O=C(O)Cc1cccc2c(-c3cccs3)csc12. The predicted molar refractivity (Wildman–Crippen MR) is 76.5 cm³/mol. The number of benzene rings is 1. The minimum Gasteiger partial charge on any atom is -0.481 e. The minimum absolute atomic E-state index is 0.0851. The summed E-state index contributed by atoms with van der Waals surface area (Å²) in [5, 5.41) is 14.2. The first-order valence-electron chi connectivity index (χ1n) is 5.50. The topological polar surface area (TPSA) is 37.3 Å². The summed E-state index contributed by atoms with van der Waals surface area (Å²) in [7, 11) is 0. The van der Waals surface area contributed by atoms with E-state index >= 15 is 0 Å². The third kappa shape index (κ3) is 1.94. The number of carbonyl (C=O) groups is 1. The first-order chi connectivity index (χ1) is 8.75. The highest BCUT2D eigenvalue weighted by Crippen LogP contribution is 2.37. The van der Waals surface area contributed by atoms with E-state index in [9.17, 15) is 4.79 Å². The molecular formula is C14H10O2S2. The molecule has 2 nitrogen and oxygen atoms in total. The fourth-order valence-electron chi connectivity index (χ4n) is 2.04. The summed E-state index contributed by atoms with van der Waals surface area (Å²) in [5.74, 6) is -0.784. The Kier molecular flexibility index (Phi) is 2.89. The molecule has 90 valence electrons. The van der Waals surface area contributed by atoms with Crippen molar-refractivity contribution in [3.63, 3.8) is 0 Å². The van der Waals surface area contributed by atoms with Crippen LogP contribution in [0.15, 0.2) is 41.1 Å². The van der Waals surface area contributed by atoms with Crippen molar-refractivity contribution >= 4 is 38.7 Å². The molecule has 2 aromatic heterocycles. The highest BCUT2D eigenvalue weighted by Gasteiger charge is 2.11. The van der Waals surface area contributed by atoms with Gasteiger partial charge in [0.15, 0.2) is 0 Å². The second kappa shape index (κ2) is 4.55. The van der Waals surface area contributed by atoms with Crippen molar-refractivity contribution < 1.29 is 9.90 Å². The normalized spacial score (nSPS) is 10.9. The molecule has 0 radical (unpaired) electrons. The van der Waals surface area contributed by atoms with E-state index in [4.69, 9.17) is 5.11 Å². The zero-order valence-electron chi connectivity index (χ0n) is 9.42. The zero-order valence-corrected chi connectivity index (χ0v) is 11.1. The van der Waals surface area contributed by atoms with E-state index in [1.165, 1.54) is 10.4 Å². The molecule has 3 rings (SSSR count). The fourth-order valence-corrected chi connectivity index (χ4v) is 3.96. The standard InChI is InChI=1S/C14H10O2S2/c15-13(16)7-9-3-1-4-10-11(8-18-14(9)10)12-5-2-6-17-12/h1-6,8H,7H2,(H,15,16). The van der Waals surface area contributed by atoms with Crippen LogP contribution in [0.25, 0.3) is 20.5 Å². The van der Waals surface area contributed by atoms with Crippen LogP contribution in [0.4, 0.5) is 0 Å². The highest BCUT2D eigenvalue weighted by atomic mass is 32.1. The highest BCUT2D eigenvalue weighted by molar-refractivity contribution is 7.19. The lowest BCUT2D eigenvalue weighted by molar-refractivity contribution is -0.136. The molecule has 2 heterocycles. The number of aliphatic carboxylic acids is 1. The van der Waals surface area contributed by atoms with Crippen LogP contribution >= 0.6 is 22.7 Å². The van der Waals surface area contributed by atoms with Gasteiger partial charge in [0, 0.05) is 25.9 Å². The second-order valence-corrected chi connectivity index (χ2v) is 5.82. The van der Waals surface area contributed by atoms with E-state index in [0.717, 1.165) is 15.6 Å². The van der Waals surface area contributed by atoms with E-state index in [1.807, 2.05) is 18.2 Å². The first kappa shape index (κ1) is 11.4. The molecule has 0 aliphatic heterocycles. The molecule has 0 spiro atoms. The Morgan fingerprint density at radius 2 is 2.06 bits per heavy atom. The molecule has 0 atom stereocenters. The van der Waals surface area contributed by atoms with Gasteiger partial charge in [0.25, 0.3) is 0 Å². The van der Waals surface area contributed by atoms with Gasteiger partial charge < -0.3 is 5.11 Å². The molecule has 3 aromatic rings. The average molecular weight is 274 g/mol. The van der Waals surface area contributed by atoms with Crippen LogP contribution in [0.2, 0.25) is 0 Å². The molecule has 18 heavy (non-hydrogen) atoms. The summed E-state index contributed by atoms with van der Waals surface area (Å²) in [6.45, 7) is 0. The second-order valence-electron chi connectivity index (χ2n) is 3.99. The minimum atomic E-state index is -0.784. The summed E-state index contributed by atoms with van der Waals surface area (Å²) >= 11 is 3.33. The zero-order chi connectivity index (χ0) is 12.5. The Balaban J connectivity index is 2.18. The summed E-state index contributed by atoms with van der Waals surface area (Å²) in [6, 6.07) is 10.0. The molecule has 4 heteroatoms. The van der Waals surface area contributed by atoms with Crippen molar-refractivity contribution in [1.82, 2.24) is 0 Å². The van der Waals surface area contributed by atoms with Gasteiger partial charge in [-0.3, -0.25) is 4.79 Å². The van der Waals surface area contributed by atoms with Crippen LogP contribution in [-0.2, 0) is 11.2 Å². The average Bonchev–Trinajstić information content (AvgIpc) is 2.96. The Bertz CT molecular complexity index is 696. The van der Waals surface area contributed by atoms with Gasteiger partial charge >= 0.3 is 5.97 Å². The quantitative estimate of drug-likeness (QED) is 0.775. The lowest BCUT2D eigenvalue weighted by Gasteiger charge is -2.00. The summed E-state index contributed by atoms with van der Waals surface area (Å²) in [5.41, 5.74) is 2.10. The van der Waals surface area contributed by atoms with Crippen molar-refractivity contribution in [2.75, 3.05) is 0 Å².